The third-order valence-corrected chi connectivity index (χ3v) is 4.22. The number of alkyl halides is 2. The van der Waals surface area contributed by atoms with Gasteiger partial charge in [-0.2, -0.15) is 13.9 Å². The molecule has 1 aromatic carbocycles. The van der Waals surface area contributed by atoms with E-state index >= 15 is 0 Å². The Labute approximate surface area is 134 Å². The van der Waals surface area contributed by atoms with Gasteiger partial charge in [0.1, 0.15) is 16.6 Å². The normalized spacial score (nSPS) is 14.3. The molecule has 3 rings (SSSR count). The van der Waals surface area contributed by atoms with Crippen molar-refractivity contribution in [3.05, 3.63) is 39.4 Å². The zero-order valence-corrected chi connectivity index (χ0v) is 12.8. The Hall–Kier alpha value is -1.40. The molecule has 0 aliphatic heterocycles. The van der Waals surface area contributed by atoms with Gasteiger partial charge >= 0.3 is 6.61 Å². The largest absolute Gasteiger partial charge is 0.433 e. The van der Waals surface area contributed by atoms with Gasteiger partial charge in [-0.1, -0.05) is 23.2 Å². The van der Waals surface area contributed by atoms with Crippen molar-refractivity contribution in [1.29, 1.82) is 0 Å². The molecule has 118 valence electrons. The molecule has 0 radical (unpaired) electrons. The number of hydrogen-bond donors (Lipinski definition) is 0. The smallest absolute Gasteiger partial charge is 0.387 e. The number of ether oxygens (including phenoxy) is 1. The van der Waals surface area contributed by atoms with E-state index in [-0.39, 0.29) is 16.5 Å². The molecular formula is C14H11Cl2F3N2O. The molecule has 3 nitrogen and oxygen atoms in total. The van der Waals surface area contributed by atoms with E-state index in [2.05, 4.69) is 9.84 Å². The Morgan fingerprint density at radius 2 is 1.91 bits per heavy atom. The van der Waals surface area contributed by atoms with Crippen LogP contribution in [-0.2, 0) is 12.8 Å². The molecule has 2 aromatic rings. The second-order valence-corrected chi connectivity index (χ2v) is 5.71. The number of rotatable bonds is 3. The number of nitrogens with zero attached hydrogens (tertiary/aromatic N) is 2. The molecule has 1 aliphatic carbocycles. The molecule has 0 unspecified atom stereocenters. The first-order chi connectivity index (χ1) is 10.5. The van der Waals surface area contributed by atoms with Crippen LogP contribution in [-0.4, -0.2) is 16.4 Å². The highest BCUT2D eigenvalue weighted by molar-refractivity contribution is 6.32. The molecule has 8 heteroatoms. The Balaban J connectivity index is 2.10. The van der Waals surface area contributed by atoms with Crippen molar-refractivity contribution in [3.8, 4) is 11.4 Å². The van der Waals surface area contributed by atoms with Crippen molar-refractivity contribution in [3.63, 3.8) is 0 Å². The average molecular weight is 351 g/mol. The molecule has 0 spiro atoms. The molecule has 0 amide bonds. The number of hydrogen-bond acceptors (Lipinski definition) is 2. The maximum Gasteiger partial charge on any atom is 0.387 e. The van der Waals surface area contributed by atoms with Crippen LogP contribution in [0, 0.1) is 5.82 Å². The van der Waals surface area contributed by atoms with Crippen molar-refractivity contribution in [1.82, 2.24) is 9.78 Å². The van der Waals surface area contributed by atoms with Gasteiger partial charge in [-0.3, -0.25) is 0 Å². The number of halogens is 5. The van der Waals surface area contributed by atoms with Gasteiger partial charge in [-0.05, 0) is 31.7 Å². The van der Waals surface area contributed by atoms with Crippen LogP contribution in [0.4, 0.5) is 13.2 Å². The lowest BCUT2D eigenvalue weighted by Gasteiger charge is -2.11. The summed E-state index contributed by atoms with van der Waals surface area (Å²) in [5.74, 6) is -1.04. The van der Waals surface area contributed by atoms with Gasteiger partial charge < -0.3 is 4.74 Å². The second kappa shape index (κ2) is 6.01. The van der Waals surface area contributed by atoms with E-state index in [1.165, 1.54) is 4.68 Å². The van der Waals surface area contributed by atoms with E-state index in [4.69, 9.17) is 23.2 Å². The summed E-state index contributed by atoms with van der Waals surface area (Å²) in [6.45, 7) is -3.06. The molecule has 0 atom stereocenters. The van der Waals surface area contributed by atoms with Crippen LogP contribution < -0.4 is 4.74 Å². The third kappa shape index (κ3) is 2.77. The predicted octanol–water partition coefficient (Wildman–Crippen LogP) is 4.80. The molecule has 0 fully saturated rings. The average Bonchev–Trinajstić information content (AvgIpc) is 2.79. The highest BCUT2D eigenvalue weighted by Gasteiger charge is 2.23. The zero-order chi connectivity index (χ0) is 15.9. The van der Waals surface area contributed by atoms with Crippen molar-refractivity contribution in [2.45, 2.75) is 32.3 Å². The first kappa shape index (κ1) is 15.5. The number of benzene rings is 1. The fourth-order valence-electron chi connectivity index (χ4n) is 2.54. The fourth-order valence-corrected chi connectivity index (χ4v) is 3.07. The maximum atomic E-state index is 14.2. The Bertz CT molecular complexity index is 719. The molecule has 1 aromatic heterocycles. The van der Waals surface area contributed by atoms with Crippen LogP contribution in [0.3, 0.4) is 0 Å². The van der Waals surface area contributed by atoms with Crippen LogP contribution in [0.25, 0.3) is 5.69 Å². The number of fused-ring (bicyclic) bond motifs is 1. The van der Waals surface area contributed by atoms with E-state index in [9.17, 15) is 13.2 Å². The standard InChI is InChI=1S/C14H11Cl2F3N2O/c15-8-5-9(17)11(6-12(8)22-14(18)19)21-13(16)7-3-1-2-4-10(7)20-21/h5-6,14H,1-4H2. The van der Waals surface area contributed by atoms with Crippen LogP contribution in [0.2, 0.25) is 10.2 Å². The Morgan fingerprint density at radius 3 is 2.59 bits per heavy atom. The topological polar surface area (TPSA) is 27.1 Å². The highest BCUT2D eigenvalue weighted by Crippen LogP contribution is 2.34. The minimum atomic E-state index is -3.06. The minimum Gasteiger partial charge on any atom is -0.433 e. The number of aromatic nitrogens is 2. The molecule has 22 heavy (non-hydrogen) atoms. The molecule has 0 saturated heterocycles. The van der Waals surface area contributed by atoms with Gasteiger partial charge in [0.15, 0.2) is 5.82 Å². The van der Waals surface area contributed by atoms with Gasteiger partial charge in [0.05, 0.1) is 10.7 Å². The lowest BCUT2D eigenvalue weighted by molar-refractivity contribution is -0.0498. The summed E-state index contributed by atoms with van der Waals surface area (Å²) < 4.78 is 44.4. The maximum absolute atomic E-state index is 14.2. The predicted molar refractivity (Wildman–Crippen MR) is 76.8 cm³/mol. The summed E-state index contributed by atoms with van der Waals surface area (Å²) in [5.41, 5.74) is 1.61. The first-order valence-electron chi connectivity index (χ1n) is 6.68. The highest BCUT2D eigenvalue weighted by atomic mass is 35.5. The van der Waals surface area contributed by atoms with Crippen molar-refractivity contribution in [2.75, 3.05) is 0 Å². The van der Waals surface area contributed by atoms with E-state index < -0.39 is 12.4 Å². The van der Waals surface area contributed by atoms with Gasteiger partial charge in [-0.25, -0.2) is 9.07 Å². The van der Waals surface area contributed by atoms with Gasteiger partial charge in [-0.15, -0.1) is 0 Å². The van der Waals surface area contributed by atoms with Gasteiger partial charge in [0.25, 0.3) is 0 Å². The Kier molecular flexibility index (Phi) is 4.23. The summed E-state index contributed by atoms with van der Waals surface area (Å²) in [6, 6.07) is 1.99. The molecule has 0 saturated carbocycles. The van der Waals surface area contributed by atoms with Crippen molar-refractivity contribution in [2.24, 2.45) is 0 Å². The number of aryl methyl sites for hydroxylation is 1. The fraction of sp³-hybridized carbons (Fsp3) is 0.357. The van der Waals surface area contributed by atoms with E-state index in [1.54, 1.807) is 0 Å². The molecule has 1 heterocycles. The lowest BCUT2D eigenvalue weighted by Crippen LogP contribution is -2.06. The minimum absolute atomic E-state index is 0.0700. The van der Waals surface area contributed by atoms with Crippen molar-refractivity contribution >= 4 is 23.2 Å². The third-order valence-electron chi connectivity index (χ3n) is 3.54. The van der Waals surface area contributed by atoms with E-state index in [1.807, 2.05) is 0 Å². The van der Waals surface area contributed by atoms with Crippen LogP contribution >= 0.6 is 23.2 Å². The summed E-state index contributed by atoms with van der Waals surface area (Å²) in [5, 5.41) is 4.34. The molecular weight excluding hydrogens is 340 g/mol. The lowest BCUT2D eigenvalue weighted by atomic mass is 9.99. The van der Waals surface area contributed by atoms with Gasteiger partial charge in [0.2, 0.25) is 0 Å². The monoisotopic (exact) mass is 350 g/mol. The summed E-state index contributed by atoms with van der Waals surface area (Å²) in [6.07, 6.45) is 3.51. The molecule has 0 bridgehead atoms. The van der Waals surface area contributed by atoms with E-state index in [0.717, 1.165) is 49.1 Å². The molecule has 1 aliphatic rings. The SMILES string of the molecule is Fc1cc(Cl)c(OC(F)F)cc1-n1nc2c(c1Cl)CCCC2. The van der Waals surface area contributed by atoms with E-state index in [0.29, 0.717) is 5.15 Å². The van der Waals surface area contributed by atoms with Crippen LogP contribution in [0.15, 0.2) is 12.1 Å². The summed E-state index contributed by atoms with van der Waals surface area (Å²) in [4.78, 5) is 0. The molecule has 0 N–H and O–H groups in total. The quantitative estimate of drug-likeness (QED) is 0.794. The first-order valence-corrected chi connectivity index (χ1v) is 7.43. The summed E-state index contributed by atoms with van der Waals surface area (Å²) >= 11 is 12.0. The van der Waals surface area contributed by atoms with Gasteiger partial charge in [0, 0.05) is 11.6 Å². The zero-order valence-electron chi connectivity index (χ0n) is 11.3. The summed E-state index contributed by atoms with van der Waals surface area (Å²) in [7, 11) is 0. The van der Waals surface area contributed by atoms with Crippen molar-refractivity contribution < 1.29 is 17.9 Å². The Morgan fingerprint density at radius 1 is 1.18 bits per heavy atom. The van der Waals surface area contributed by atoms with Crippen LogP contribution in [0.1, 0.15) is 24.1 Å². The van der Waals surface area contributed by atoms with Crippen LogP contribution in [0.5, 0.6) is 5.75 Å². The second-order valence-electron chi connectivity index (χ2n) is 4.95.